The highest BCUT2D eigenvalue weighted by Crippen LogP contribution is 2.25. The summed E-state index contributed by atoms with van der Waals surface area (Å²) in [5.74, 6) is 0.325. The van der Waals surface area contributed by atoms with E-state index in [4.69, 9.17) is 5.26 Å². The van der Waals surface area contributed by atoms with E-state index in [1.807, 2.05) is 30.3 Å². The summed E-state index contributed by atoms with van der Waals surface area (Å²) in [6.07, 6.45) is 5.08. The summed E-state index contributed by atoms with van der Waals surface area (Å²) in [6.45, 7) is 3.68. The van der Waals surface area contributed by atoms with Gasteiger partial charge in [-0.2, -0.15) is 5.26 Å². The number of carbonyl (C=O) groups is 2. The van der Waals surface area contributed by atoms with Crippen LogP contribution >= 0.6 is 0 Å². The van der Waals surface area contributed by atoms with E-state index in [9.17, 15) is 9.59 Å². The predicted molar refractivity (Wildman–Crippen MR) is 157 cm³/mol. The molecule has 2 aromatic carbocycles. The predicted octanol–water partition coefficient (Wildman–Crippen LogP) is 2.74. The van der Waals surface area contributed by atoms with Crippen LogP contribution in [0.4, 0.5) is 5.82 Å². The average molecular weight is 549 g/mol. The van der Waals surface area contributed by atoms with Crippen molar-refractivity contribution >= 4 is 28.5 Å². The van der Waals surface area contributed by atoms with Gasteiger partial charge in [-0.15, -0.1) is 0 Å². The first kappa shape index (κ1) is 27.7. The van der Waals surface area contributed by atoms with Gasteiger partial charge >= 0.3 is 0 Å². The highest BCUT2D eigenvalue weighted by molar-refractivity contribution is 6.01. The molecule has 5 rings (SSSR count). The molecule has 3 heterocycles. The number of rotatable bonds is 7. The summed E-state index contributed by atoms with van der Waals surface area (Å²) in [7, 11) is 5.46. The summed E-state index contributed by atoms with van der Waals surface area (Å²) in [6, 6.07) is 16.2. The number of fused-ring (bicyclic) bond motifs is 1. The molecule has 1 aliphatic heterocycles. The smallest absolute Gasteiger partial charge is 0.252 e. The van der Waals surface area contributed by atoms with Crippen LogP contribution in [-0.4, -0.2) is 89.9 Å². The molecule has 0 saturated carbocycles. The summed E-state index contributed by atoms with van der Waals surface area (Å²) in [5, 5.41) is 13.0. The number of hydrogen-bond acceptors (Lipinski definition) is 8. The molecule has 2 amide bonds. The molecule has 0 bridgehead atoms. The first-order valence-electron chi connectivity index (χ1n) is 13.5. The van der Waals surface area contributed by atoms with Crippen LogP contribution < -0.4 is 10.2 Å². The number of benzene rings is 2. The molecule has 0 spiro atoms. The lowest BCUT2D eigenvalue weighted by molar-refractivity contribution is -0.130. The Kier molecular flexibility index (Phi) is 8.17. The third-order valence-corrected chi connectivity index (χ3v) is 7.32. The van der Waals surface area contributed by atoms with Crippen LogP contribution in [0.25, 0.3) is 22.0 Å². The molecule has 10 heteroatoms. The standard InChI is InChI=1S/C31H32N8O2/c1-37(2)31(41)28(15-21-4-6-23(7-5-21)25-14-22(17-32)18-33-19-25)36-30(40)24-8-9-26-27(16-24)34-20-35-29(26)39-12-10-38(3)11-13-39/h4-9,14,16,18-20,28H,10-13,15H2,1-3H3,(H,36,40)/t28-/m0/s1. The van der Waals surface area contributed by atoms with E-state index in [-0.39, 0.29) is 11.8 Å². The second kappa shape index (κ2) is 12.1. The van der Waals surface area contributed by atoms with Crippen LogP contribution in [0.15, 0.2) is 67.3 Å². The van der Waals surface area contributed by atoms with Gasteiger partial charge in [0, 0.05) is 75.6 Å². The second-order valence-electron chi connectivity index (χ2n) is 10.5. The first-order valence-corrected chi connectivity index (χ1v) is 13.5. The third-order valence-electron chi connectivity index (χ3n) is 7.32. The normalized spacial score (nSPS) is 14.3. The van der Waals surface area contributed by atoms with E-state index < -0.39 is 6.04 Å². The zero-order valence-electron chi connectivity index (χ0n) is 23.4. The van der Waals surface area contributed by atoms with Gasteiger partial charge in [-0.25, -0.2) is 9.97 Å². The molecule has 1 saturated heterocycles. The Balaban J connectivity index is 1.33. The van der Waals surface area contributed by atoms with Gasteiger partial charge < -0.3 is 20.0 Å². The molecule has 0 radical (unpaired) electrons. The van der Waals surface area contributed by atoms with Crippen molar-refractivity contribution in [1.29, 1.82) is 5.26 Å². The molecule has 0 aliphatic carbocycles. The SMILES string of the molecule is CN1CCN(c2ncnc3cc(C(=O)N[C@@H](Cc4ccc(-c5cncc(C#N)c5)cc4)C(=O)N(C)C)ccc23)CC1. The number of piperazine rings is 1. The van der Waals surface area contributed by atoms with E-state index in [0.717, 1.165) is 54.1 Å². The Morgan fingerprint density at radius 2 is 1.76 bits per heavy atom. The van der Waals surface area contributed by atoms with Crippen molar-refractivity contribution in [2.24, 2.45) is 0 Å². The quantitative estimate of drug-likeness (QED) is 0.375. The number of carbonyl (C=O) groups excluding carboxylic acids is 2. The van der Waals surface area contributed by atoms with Crippen LogP contribution in [0.3, 0.4) is 0 Å². The summed E-state index contributed by atoms with van der Waals surface area (Å²) >= 11 is 0. The van der Waals surface area contributed by atoms with Gasteiger partial charge in [0.25, 0.3) is 5.91 Å². The lowest BCUT2D eigenvalue weighted by Crippen LogP contribution is -2.47. The number of likely N-dealkylation sites (N-methyl/N-ethyl adjacent to an activating group) is 2. The van der Waals surface area contributed by atoms with Gasteiger partial charge in [-0.05, 0) is 42.4 Å². The van der Waals surface area contributed by atoms with Crippen molar-refractivity contribution in [2.45, 2.75) is 12.5 Å². The van der Waals surface area contributed by atoms with E-state index in [2.05, 4.69) is 43.2 Å². The maximum atomic E-state index is 13.4. The van der Waals surface area contributed by atoms with Crippen LogP contribution in [0, 0.1) is 11.3 Å². The Morgan fingerprint density at radius 3 is 2.46 bits per heavy atom. The maximum Gasteiger partial charge on any atom is 0.252 e. The van der Waals surface area contributed by atoms with Crippen molar-refractivity contribution in [3.8, 4) is 17.2 Å². The lowest BCUT2D eigenvalue weighted by atomic mass is 10.00. The number of nitrogens with zero attached hydrogens (tertiary/aromatic N) is 7. The minimum absolute atomic E-state index is 0.200. The zero-order valence-corrected chi connectivity index (χ0v) is 23.4. The largest absolute Gasteiger partial charge is 0.353 e. The minimum Gasteiger partial charge on any atom is -0.353 e. The Labute approximate surface area is 239 Å². The van der Waals surface area contributed by atoms with Crippen LogP contribution in [0.1, 0.15) is 21.5 Å². The number of nitrogens with one attached hydrogen (secondary N) is 1. The number of aromatic nitrogens is 3. The molecular formula is C31H32N8O2. The fraction of sp³-hybridized carbons (Fsp3) is 0.290. The van der Waals surface area contributed by atoms with E-state index in [1.165, 1.54) is 17.4 Å². The van der Waals surface area contributed by atoms with E-state index in [1.54, 1.807) is 38.5 Å². The topological polar surface area (TPSA) is 118 Å². The second-order valence-corrected chi connectivity index (χ2v) is 10.5. The molecule has 0 unspecified atom stereocenters. The minimum atomic E-state index is -0.756. The molecule has 208 valence electrons. The highest BCUT2D eigenvalue weighted by atomic mass is 16.2. The van der Waals surface area contributed by atoms with E-state index >= 15 is 0 Å². The Bertz CT molecular complexity index is 1610. The van der Waals surface area contributed by atoms with Crippen molar-refractivity contribution in [1.82, 2.24) is 30.1 Å². The van der Waals surface area contributed by atoms with E-state index in [0.29, 0.717) is 23.1 Å². The number of pyridine rings is 1. The molecule has 1 fully saturated rings. The lowest BCUT2D eigenvalue weighted by Gasteiger charge is -2.33. The highest BCUT2D eigenvalue weighted by Gasteiger charge is 2.24. The van der Waals surface area contributed by atoms with Crippen LogP contribution in [-0.2, 0) is 11.2 Å². The van der Waals surface area contributed by atoms with Crippen molar-refractivity contribution in [3.05, 3.63) is 83.9 Å². The molecule has 4 aromatic rings. The van der Waals surface area contributed by atoms with Gasteiger partial charge in [-0.3, -0.25) is 14.6 Å². The van der Waals surface area contributed by atoms with Gasteiger partial charge in [0.15, 0.2) is 0 Å². The number of anilines is 1. The average Bonchev–Trinajstić information content (AvgIpc) is 3.00. The molecule has 10 nitrogen and oxygen atoms in total. The van der Waals surface area contributed by atoms with Gasteiger partial charge in [0.1, 0.15) is 24.3 Å². The molecule has 1 N–H and O–H groups in total. The van der Waals surface area contributed by atoms with Crippen molar-refractivity contribution < 1.29 is 9.59 Å². The third kappa shape index (κ3) is 6.31. The first-order chi connectivity index (χ1) is 19.8. The van der Waals surface area contributed by atoms with Crippen LogP contribution in [0.5, 0.6) is 0 Å². The van der Waals surface area contributed by atoms with Crippen LogP contribution in [0.2, 0.25) is 0 Å². The molecular weight excluding hydrogens is 516 g/mol. The van der Waals surface area contributed by atoms with Gasteiger partial charge in [0.05, 0.1) is 11.1 Å². The fourth-order valence-electron chi connectivity index (χ4n) is 4.94. The van der Waals surface area contributed by atoms with Crippen molar-refractivity contribution in [3.63, 3.8) is 0 Å². The fourth-order valence-corrected chi connectivity index (χ4v) is 4.94. The molecule has 1 aliphatic rings. The zero-order chi connectivity index (χ0) is 28.9. The van der Waals surface area contributed by atoms with Crippen molar-refractivity contribution in [2.75, 3.05) is 52.2 Å². The maximum absolute atomic E-state index is 13.4. The number of hydrogen-bond donors (Lipinski definition) is 1. The van der Waals surface area contributed by atoms with Gasteiger partial charge in [-0.1, -0.05) is 24.3 Å². The Morgan fingerprint density at radius 1 is 1.00 bits per heavy atom. The summed E-state index contributed by atoms with van der Waals surface area (Å²) in [4.78, 5) is 45.5. The molecule has 1 atom stereocenters. The van der Waals surface area contributed by atoms with Gasteiger partial charge in [0.2, 0.25) is 5.91 Å². The molecule has 41 heavy (non-hydrogen) atoms. The Hall–Kier alpha value is -4.88. The molecule has 2 aromatic heterocycles. The summed E-state index contributed by atoms with van der Waals surface area (Å²) < 4.78 is 0. The number of amides is 2. The number of nitriles is 1. The summed E-state index contributed by atoms with van der Waals surface area (Å²) in [5.41, 5.74) is 4.23. The monoisotopic (exact) mass is 548 g/mol.